The number of urea groups is 1. The minimum Gasteiger partial charge on any atom is -0.456 e. The summed E-state index contributed by atoms with van der Waals surface area (Å²) in [6, 6.07) is 12.2. The fourth-order valence-electron chi connectivity index (χ4n) is 2.29. The highest BCUT2D eigenvalue weighted by Gasteiger charge is 2.15. The van der Waals surface area contributed by atoms with E-state index in [0.29, 0.717) is 0 Å². The SMILES string of the molecule is CC(=O)Nc1ccc(C(=O)COC(=O)CNC(=O)NCc2ccccc2)c(F)c1. The van der Waals surface area contributed by atoms with E-state index >= 15 is 0 Å². The molecule has 0 aliphatic carbocycles. The highest BCUT2D eigenvalue weighted by molar-refractivity contribution is 5.99. The molecular formula is C20H20FN3O5. The zero-order valence-corrected chi connectivity index (χ0v) is 15.7. The summed E-state index contributed by atoms with van der Waals surface area (Å²) in [6.07, 6.45) is 0. The van der Waals surface area contributed by atoms with Crippen LogP contribution in [0.2, 0.25) is 0 Å². The minimum atomic E-state index is -0.851. The number of hydrogen-bond acceptors (Lipinski definition) is 5. The molecule has 0 atom stereocenters. The number of nitrogens with one attached hydrogen (secondary N) is 3. The average molecular weight is 401 g/mol. The van der Waals surface area contributed by atoms with Gasteiger partial charge in [-0.2, -0.15) is 0 Å². The van der Waals surface area contributed by atoms with E-state index in [0.717, 1.165) is 11.6 Å². The first-order valence-corrected chi connectivity index (χ1v) is 8.66. The van der Waals surface area contributed by atoms with Gasteiger partial charge >= 0.3 is 12.0 Å². The number of esters is 1. The van der Waals surface area contributed by atoms with E-state index in [1.165, 1.54) is 19.1 Å². The number of carbonyl (C=O) groups is 4. The van der Waals surface area contributed by atoms with Crippen LogP contribution in [0.5, 0.6) is 0 Å². The van der Waals surface area contributed by atoms with E-state index in [1.54, 1.807) is 0 Å². The van der Waals surface area contributed by atoms with Crippen molar-refractivity contribution in [3.63, 3.8) is 0 Å². The summed E-state index contributed by atoms with van der Waals surface area (Å²) in [5.74, 6) is -2.82. The van der Waals surface area contributed by atoms with Crippen molar-refractivity contribution in [2.75, 3.05) is 18.5 Å². The van der Waals surface area contributed by atoms with Crippen LogP contribution in [0.1, 0.15) is 22.8 Å². The summed E-state index contributed by atoms with van der Waals surface area (Å²) in [4.78, 5) is 46.3. The molecule has 29 heavy (non-hydrogen) atoms. The molecule has 0 radical (unpaired) electrons. The van der Waals surface area contributed by atoms with Crippen molar-refractivity contribution >= 4 is 29.4 Å². The maximum Gasteiger partial charge on any atom is 0.325 e. The fourth-order valence-corrected chi connectivity index (χ4v) is 2.29. The molecule has 2 aromatic carbocycles. The van der Waals surface area contributed by atoms with Crippen LogP contribution in [0.25, 0.3) is 0 Å². The van der Waals surface area contributed by atoms with Crippen molar-refractivity contribution in [3.05, 3.63) is 65.5 Å². The Kier molecular flexibility index (Phi) is 7.84. The maximum atomic E-state index is 14.0. The van der Waals surface area contributed by atoms with E-state index < -0.39 is 36.8 Å². The Labute approximate surface area is 166 Å². The van der Waals surface area contributed by atoms with Gasteiger partial charge in [0.15, 0.2) is 6.61 Å². The molecule has 3 amide bonds. The van der Waals surface area contributed by atoms with Crippen molar-refractivity contribution in [1.29, 1.82) is 0 Å². The minimum absolute atomic E-state index is 0.203. The second kappa shape index (κ2) is 10.5. The number of ketones is 1. The lowest BCUT2D eigenvalue weighted by Gasteiger charge is -2.09. The number of benzene rings is 2. The number of carbonyl (C=O) groups excluding carboxylic acids is 4. The maximum absolute atomic E-state index is 14.0. The number of ether oxygens (including phenoxy) is 1. The Morgan fingerprint density at radius 2 is 1.72 bits per heavy atom. The Balaban J connectivity index is 1.73. The lowest BCUT2D eigenvalue weighted by Crippen LogP contribution is -2.38. The average Bonchev–Trinajstić information content (AvgIpc) is 2.69. The van der Waals surface area contributed by atoms with Crippen molar-refractivity contribution < 1.29 is 28.3 Å². The van der Waals surface area contributed by atoms with Crippen LogP contribution in [0.15, 0.2) is 48.5 Å². The van der Waals surface area contributed by atoms with E-state index in [2.05, 4.69) is 16.0 Å². The summed E-state index contributed by atoms with van der Waals surface area (Å²) < 4.78 is 18.7. The van der Waals surface area contributed by atoms with Crippen molar-refractivity contribution in [3.8, 4) is 0 Å². The highest BCUT2D eigenvalue weighted by atomic mass is 19.1. The predicted octanol–water partition coefficient (Wildman–Crippen LogP) is 2.01. The molecular weight excluding hydrogens is 381 g/mol. The van der Waals surface area contributed by atoms with Crippen LogP contribution in [0.4, 0.5) is 14.9 Å². The van der Waals surface area contributed by atoms with Crippen LogP contribution in [0.3, 0.4) is 0 Å². The van der Waals surface area contributed by atoms with Gasteiger partial charge in [0.05, 0.1) is 5.56 Å². The smallest absolute Gasteiger partial charge is 0.325 e. The van der Waals surface area contributed by atoms with Crippen LogP contribution in [0, 0.1) is 5.82 Å². The van der Waals surface area contributed by atoms with E-state index in [9.17, 15) is 23.6 Å². The van der Waals surface area contributed by atoms with Crippen LogP contribution < -0.4 is 16.0 Å². The first-order valence-electron chi connectivity index (χ1n) is 8.66. The standard InChI is InChI=1S/C20H20FN3O5/c1-13(25)24-15-7-8-16(17(21)9-15)18(26)12-29-19(27)11-23-20(28)22-10-14-5-3-2-4-6-14/h2-9H,10-12H2,1H3,(H,24,25)(H2,22,23,28). The second-order valence-electron chi connectivity index (χ2n) is 5.98. The molecule has 0 saturated heterocycles. The zero-order valence-electron chi connectivity index (χ0n) is 15.7. The number of halogens is 1. The quantitative estimate of drug-likeness (QED) is 0.463. The monoisotopic (exact) mass is 401 g/mol. The molecule has 2 aromatic rings. The van der Waals surface area contributed by atoms with E-state index in [1.807, 2.05) is 30.3 Å². The van der Waals surface area contributed by atoms with Crippen LogP contribution >= 0.6 is 0 Å². The van der Waals surface area contributed by atoms with Gasteiger partial charge in [0.25, 0.3) is 0 Å². The zero-order chi connectivity index (χ0) is 21.2. The van der Waals surface area contributed by atoms with Gasteiger partial charge in [0.1, 0.15) is 12.4 Å². The number of hydrogen-bond donors (Lipinski definition) is 3. The van der Waals surface area contributed by atoms with Crippen LogP contribution in [-0.2, 0) is 20.9 Å². The molecule has 9 heteroatoms. The molecule has 0 aromatic heterocycles. The molecule has 0 fully saturated rings. The Hall–Kier alpha value is -3.75. The Morgan fingerprint density at radius 1 is 1.00 bits per heavy atom. The Bertz CT molecular complexity index is 902. The van der Waals surface area contributed by atoms with Gasteiger partial charge in [-0.1, -0.05) is 30.3 Å². The van der Waals surface area contributed by atoms with Gasteiger partial charge in [0.2, 0.25) is 11.7 Å². The van der Waals surface area contributed by atoms with E-state index in [-0.39, 0.29) is 23.7 Å². The number of anilines is 1. The van der Waals surface area contributed by atoms with Crippen LogP contribution in [-0.4, -0.2) is 36.8 Å². The summed E-state index contributed by atoms with van der Waals surface area (Å²) in [7, 11) is 0. The molecule has 0 bridgehead atoms. The molecule has 0 spiro atoms. The van der Waals surface area contributed by atoms with Crippen molar-refractivity contribution in [2.45, 2.75) is 13.5 Å². The van der Waals surface area contributed by atoms with Gasteiger partial charge < -0.3 is 20.7 Å². The largest absolute Gasteiger partial charge is 0.456 e. The summed E-state index contributed by atoms with van der Waals surface area (Å²) in [6.45, 7) is 0.431. The highest BCUT2D eigenvalue weighted by Crippen LogP contribution is 2.15. The normalized spacial score (nSPS) is 10.0. The molecule has 3 N–H and O–H groups in total. The second-order valence-corrected chi connectivity index (χ2v) is 5.98. The lowest BCUT2D eigenvalue weighted by atomic mass is 10.1. The topological polar surface area (TPSA) is 114 Å². The summed E-state index contributed by atoms with van der Waals surface area (Å²) in [5, 5.41) is 7.26. The molecule has 152 valence electrons. The van der Waals surface area contributed by atoms with Gasteiger partial charge in [-0.05, 0) is 23.8 Å². The van der Waals surface area contributed by atoms with Gasteiger partial charge in [0, 0.05) is 19.2 Å². The molecule has 0 unspecified atom stereocenters. The lowest BCUT2D eigenvalue weighted by molar-refractivity contribution is -0.141. The van der Waals surface area contributed by atoms with Crippen molar-refractivity contribution in [1.82, 2.24) is 10.6 Å². The molecule has 0 heterocycles. The van der Waals surface area contributed by atoms with Gasteiger partial charge in [-0.15, -0.1) is 0 Å². The number of Topliss-reactive ketones (excluding diaryl/α,β-unsaturated/α-hetero) is 1. The van der Waals surface area contributed by atoms with Crippen molar-refractivity contribution in [2.24, 2.45) is 0 Å². The van der Waals surface area contributed by atoms with Gasteiger partial charge in [-0.3, -0.25) is 14.4 Å². The summed E-state index contributed by atoms with van der Waals surface area (Å²) >= 11 is 0. The summed E-state index contributed by atoms with van der Waals surface area (Å²) in [5.41, 5.74) is 0.817. The molecule has 0 saturated carbocycles. The third kappa shape index (κ3) is 7.41. The first-order chi connectivity index (χ1) is 13.8. The molecule has 8 nitrogen and oxygen atoms in total. The van der Waals surface area contributed by atoms with Gasteiger partial charge in [-0.25, -0.2) is 9.18 Å². The fraction of sp³-hybridized carbons (Fsp3) is 0.200. The predicted molar refractivity (Wildman–Crippen MR) is 103 cm³/mol. The third-order valence-electron chi connectivity index (χ3n) is 3.64. The molecule has 2 rings (SSSR count). The number of rotatable bonds is 8. The molecule has 0 aliphatic heterocycles. The first kappa shape index (κ1) is 21.5. The third-order valence-corrected chi connectivity index (χ3v) is 3.64. The number of amides is 3. The molecule has 0 aliphatic rings. The van der Waals surface area contributed by atoms with E-state index in [4.69, 9.17) is 4.74 Å². The Morgan fingerprint density at radius 3 is 2.38 bits per heavy atom.